The standard InChI is InChI=1S/C9H13N3S/c1-9(2)5-13-8(11-9)7-4-10-6-12(7)3/h4,6H,5H2,1-3H3. The third-order valence-corrected chi connectivity index (χ3v) is 3.43. The molecule has 1 aromatic heterocycles. The summed E-state index contributed by atoms with van der Waals surface area (Å²) in [4.78, 5) is 8.73. The van der Waals surface area contributed by atoms with Gasteiger partial charge in [0.2, 0.25) is 0 Å². The van der Waals surface area contributed by atoms with E-state index >= 15 is 0 Å². The van der Waals surface area contributed by atoms with Gasteiger partial charge >= 0.3 is 0 Å². The third kappa shape index (κ3) is 1.63. The van der Waals surface area contributed by atoms with Crippen LogP contribution in [0.2, 0.25) is 0 Å². The van der Waals surface area contributed by atoms with Gasteiger partial charge in [-0.2, -0.15) is 0 Å². The largest absolute Gasteiger partial charge is 0.332 e. The summed E-state index contributed by atoms with van der Waals surface area (Å²) in [6, 6.07) is 0. The molecule has 0 bridgehead atoms. The maximum Gasteiger partial charge on any atom is 0.117 e. The lowest BCUT2D eigenvalue weighted by molar-refractivity contribution is 0.605. The van der Waals surface area contributed by atoms with E-state index in [0.29, 0.717) is 0 Å². The highest BCUT2D eigenvalue weighted by molar-refractivity contribution is 8.14. The van der Waals surface area contributed by atoms with Crippen LogP contribution in [0.4, 0.5) is 0 Å². The van der Waals surface area contributed by atoms with E-state index in [4.69, 9.17) is 0 Å². The van der Waals surface area contributed by atoms with Gasteiger partial charge < -0.3 is 4.57 Å². The predicted octanol–water partition coefficient (Wildman–Crippen LogP) is 1.69. The number of rotatable bonds is 1. The lowest BCUT2D eigenvalue weighted by atomic mass is 10.1. The fraction of sp³-hybridized carbons (Fsp3) is 0.556. The van der Waals surface area contributed by atoms with Crippen molar-refractivity contribution in [2.45, 2.75) is 19.4 Å². The van der Waals surface area contributed by atoms with E-state index in [9.17, 15) is 0 Å². The molecule has 1 aliphatic rings. The normalized spacial score (nSPS) is 20.4. The number of aromatic nitrogens is 2. The molecule has 70 valence electrons. The predicted molar refractivity (Wildman–Crippen MR) is 56.3 cm³/mol. The Morgan fingerprint density at radius 1 is 1.54 bits per heavy atom. The van der Waals surface area contributed by atoms with Crippen molar-refractivity contribution in [3.05, 3.63) is 18.2 Å². The monoisotopic (exact) mass is 195 g/mol. The minimum atomic E-state index is 0.0876. The zero-order chi connectivity index (χ0) is 9.47. The van der Waals surface area contributed by atoms with E-state index in [-0.39, 0.29) is 5.54 Å². The quantitative estimate of drug-likeness (QED) is 0.682. The van der Waals surface area contributed by atoms with Crippen molar-refractivity contribution in [3.63, 3.8) is 0 Å². The molecule has 0 aromatic carbocycles. The number of aryl methyl sites for hydroxylation is 1. The van der Waals surface area contributed by atoms with Gasteiger partial charge in [0.15, 0.2) is 0 Å². The molecule has 0 aliphatic carbocycles. The first-order valence-corrected chi connectivity index (χ1v) is 5.26. The smallest absolute Gasteiger partial charge is 0.117 e. The van der Waals surface area contributed by atoms with Crippen molar-refractivity contribution >= 4 is 16.8 Å². The molecule has 0 atom stereocenters. The number of nitrogens with zero attached hydrogens (tertiary/aromatic N) is 3. The van der Waals surface area contributed by atoms with Crippen LogP contribution in [0.5, 0.6) is 0 Å². The second-order valence-electron chi connectivity index (χ2n) is 3.91. The first kappa shape index (κ1) is 8.81. The lowest BCUT2D eigenvalue weighted by Gasteiger charge is -2.09. The Bertz CT molecular complexity index is 351. The molecule has 4 heteroatoms. The van der Waals surface area contributed by atoms with Crippen molar-refractivity contribution < 1.29 is 0 Å². The van der Waals surface area contributed by atoms with Gasteiger partial charge in [-0.1, -0.05) is 0 Å². The van der Waals surface area contributed by atoms with Crippen molar-refractivity contribution in [2.24, 2.45) is 12.0 Å². The second kappa shape index (κ2) is 2.87. The van der Waals surface area contributed by atoms with Crippen LogP contribution in [0.15, 0.2) is 17.5 Å². The van der Waals surface area contributed by atoms with Crippen LogP contribution < -0.4 is 0 Å². The number of thioether (sulfide) groups is 1. The highest BCUT2D eigenvalue weighted by Gasteiger charge is 2.26. The molecule has 0 unspecified atom stereocenters. The van der Waals surface area contributed by atoms with E-state index in [1.165, 1.54) is 0 Å². The minimum absolute atomic E-state index is 0.0876. The molecule has 1 aliphatic heterocycles. The van der Waals surface area contributed by atoms with Crippen molar-refractivity contribution in [1.29, 1.82) is 0 Å². The van der Waals surface area contributed by atoms with Crippen molar-refractivity contribution in [1.82, 2.24) is 9.55 Å². The summed E-state index contributed by atoms with van der Waals surface area (Å²) in [5.41, 5.74) is 1.21. The SMILES string of the molecule is Cn1cncc1C1=NC(C)(C)CS1. The number of hydrogen-bond donors (Lipinski definition) is 0. The van der Waals surface area contributed by atoms with Gasteiger partial charge in [-0.05, 0) is 13.8 Å². The molecular weight excluding hydrogens is 182 g/mol. The van der Waals surface area contributed by atoms with Crippen LogP contribution in [0, 0.1) is 0 Å². The van der Waals surface area contributed by atoms with Crippen LogP contribution in [0.3, 0.4) is 0 Å². The Kier molecular flexibility index (Phi) is 1.95. The van der Waals surface area contributed by atoms with E-state index in [2.05, 4.69) is 23.8 Å². The molecule has 0 saturated heterocycles. The van der Waals surface area contributed by atoms with Gasteiger partial charge in [0.25, 0.3) is 0 Å². The summed E-state index contributed by atoms with van der Waals surface area (Å²) in [5, 5.41) is 1.12. The Labute approximate surface area is 82.3 Å². The molecule has 13 heavy (non-hydrogen) atoms. The second-order valence-corrected chi connectivity index (χ2v) is 4.87. The van der Waals surface area contributed by atoms with Crippen LogP contribution in [-0.2, 0) is 7.05 Å². The maximum atomic E-state index is 4.64. The molecule has 0 saturated carbocycles. The Balaban J connectivity index is 2.35. The molecule has 1 aromatic rings. The number of aliphatic imine (C=N–C) groups is 1. The first-order valence-electron chi connectivity index (χ1n) is 4.28. The Morgan fingerprint density at radius 3 is 2.77 bits per heavy atom. The van der Waals surface area contributed by atoms with Gasteiger partial charge in [0.1, 0.15) is 5.04 Å². The fourth-order valence-electron chi connectivity index (χ4n) is 1.28. The van der Waals surface area contributed by atoms with E-state index in [1.54, 1.807) is 0 Å². The molecule has 0 amide bonds. The molecule has 0 N–H and O–H groups in total. The molecule has 2 rings (SSSR count). The van der Waals surface area contributed by atoms with Gasteiger partial charge in [0.05, 0.1) is 23.8 Å². The molecule has 2 heterocycles. The Morgan fingerprint density at radius 2 is 2.31 bits per heavy atom. The summed E-state index contributed by atoms with van der Waals surface area (Å²) in [7, 11) is 2.00. The maximum absolute atomic E-state index is 4.64. The highest BCUT2D eigenvalue weighted by Crippen LogP contribution is 2.29. The average Bonchev–Trinajstić information content (AvgIpc) is 2.56. The zero-order valence-corrected chi connectivity index (χ0v) is 8.93. The molecule has 0 spiro atoms. The van der Waals surface area contributed by atoms with Crippen LogP contribution in [-0.4, -0.2) is 25.9 Å². The summed E-state index contributed by atoms with van der Waals surface area (Å²) in [6.07, 6.45) is 3.68. The van der Waals surface area contributed by atoms with Crippen LogP contribution in [0.1, 0.15) is 19.5 Å². The molecule has 3 nitrogen and oxygen atoms in total. The minimum Gasteiger partial charge on any atom is -0.332 e. The number of imidazole rings is 1. The highest BCUT2D eigenvalue weighted by atomic mass is 32.2. The topological polar surface area (TPSA) is 30.2 Å². The van der Waals surface area contributed by atoms with Crippen LogP contribution in [0.25, 0.3) is 0 Å². The average molecular weight is 195 g/mol. The van der Waals surface area contributed by atoms with Gasteiger partial charge in [-0.3, -0.25) is 4.99 Å². The lowest BCUT2D eigenvalue weighted by Crippen LogP contribution is -2.15. The van der Waals surface area contributed by atoms with Crippen molar-refractivity contribution in [2.75, 3.05) is 5.75 Å². The first-order chi connectivity index (χ1) is 6.08. The Hall–Kier alpha value is -0.770. The zero-order valence-electron chi connectivity index (χ0n) is 8.11. The summed E-state index contributed by atoms with van der Waals surface area (Å²) >= 11 is 1.81. The molecular formula is C9H13N3S. The van der Waals surface area contributed by atoms with Gasteiger partial charge in [-0.15, -0.1) is 11.8 Å². The van der Waals surface area contributed by atoms with Gasteiger partial charge in [0, 0.05) is 12.8 Å². The number of hydrogen-bond acceptors (Lipinski definition) is 3. The summed E-state index contributed by atoms with van der Waals surface area (Å²) in [5.74, 6) is 1.06. The van der Waals surface area contributed by atoms with Gasteiger partial charge in [-0.25, -0.2) is 4.98 Å². The fourth-order valence-corrected chi connectivity index (χ4v) is 2.49. The van der Waals surface area contributed by atoms with Crippen molar-refractivity contribution in [3.8, 4) is 0 Å². The third-order valence-electron chi connectivity index (χ3n) is 2.00. The van der Waals surface area contributed by atoms with Crippen LogP contribution >= 0.6 is 11.8 Å². The van der Waals surface area contributed by atoms with E-state index < -0.39 is 0 Å². The molecule has 0 fully saturated rings. The van der Waals surface area contributed by atoms with E-state index in [0.717, 1.165) is 16.5 Å². The molecule has 0 radical (unpaired) electrons. The van der Waals surface area contributed by atoms with E-state index in [1.807, 2.05) is 35.9 Å². The summed E-state index contributed by atoms with van der Waals surface area (Å²) in [6.45, 7) is 4.31. The summed E-state index contributed by atoms with van der Waals surface area (Å²) < 4.78 is 2.01.